The molecule has 4 N–H and O–H groups in total. The first-order valence-electron chi connectivity index (χ1n) is 6.45. The highest BCUT2D eigenvalue weighted by atomic mass is 16.5. The zero-order valence-electron chi connectivity index (χ0n) is 11.9. The number of urea groups is 1. The van der Waals surface area contributed by atoms with Crippen molar-refractivity contribution in [3.8, 4) is 0 Å². The third kappa shape index (κ3) is 7.11. The molecule has 8 nitrogen and oxygen atoms in total. The Balaban J connectivity index is 2.29. The summed E-state index contributed by atoms with van der Waals surface area (Å²) in [5, 5.41) is 14.0. The number of imidazole rings is 1. The van der Waals surface area contributed by atoms with Crippen LogP contribution in [-0.4, -0.2) is 52.9 Å². The molecule has 1 heterocycles. The highest BCUT2D eigenvalue weighted by Gasteiger charge is 2.20. The van der Waals surface area contributed by atoms with E-state index >= 15 is 0 Å². The second kappa shape index (κ2) is 8.75. The quantitative estimate of drug-likeness (QED) is 0.386. The minimum Gasteiger partial charge on any atom is -0.480 e. The number of aromatic amines is 1. The van der Waals surface area contributed by atoms with Gasteiger partial charge in [0.1, 0.15) is 6.04 Å². The lowest BCUT2D eigenvalue weighted by Crippen LogP contribution is -2.47. The highest BCUT2D eigenvalue weighted by Crippen LogP contribution is 1.98. The molecule has 21 heavy (non-hydrogen) atoms. The van der Waals surface area contributed by atoms with E-state index in [4.69, 9.17) is 9.84 Å². The van der Waals surface area contributed by atoms with E-state index in [9.17, 15) is 9.59 Å². The first kappa shape index (κ1) is 16.7. The monoisotopic (exact) mass is 296 g/mol. The van der Waals surface area contributed by atoms with Crippen molar-refractivity contribution in [2.45, 2.75) is 19.4 Å². The van der Waals surface area contributed by atoms with E-state index in [0.29, 0.717) is 18.9 Å². The first-order valence-corrected chi connectivity index (χ1v) is 6.45. The number of hydrogen-bond donors (Lipinski definition) is 4. The van der Waals surface area contributed by atoms with Crippen LogP contribution in [0.2, 0.25) is 0 Å². The maximum Gasteiger partial charge on any atom is 0.326 e. The summed E-state index contributed by atoms with van der Waals surface area (Å²) in [5.74, 6) is -1.11. The van der Waals surface area contributed by atoms with Gasteiger partial charge in [0.25, 0.3) is 0 Å². The summed E-state index contributed by atoms with van der Waals surface area (Å²) in [5.41, 5.74) is 1.53. The largest absolute Gasteiger partial charge is 0.480 e. The van der Waals surface area contributed by atoms with Crippen molar-refractivity contribution in [3.63, 3.8) is 0 Å². The second-order valence-electron chi connectivity index (χ2n) is 4.58. The zero-order valence-corrected chi connectivity index (χ0v) is 11.9. The van der Waals surface area contributed by atoms with Crippen LogP contribution in [0.4, 0.5) is 4.79 Å². The standard InChI is InChI=1S/C13H20N4O4/c1-9(2)7-21-4-3-15-13(20)17-11(12(18)19)5-10-6-14-8-16-10/h6,8,11H,1,3-5,7H2,2H3,(H,14,16)(H,18,19)(H2,15,17,20). The minimum absolute atomic E-state index is 0.134. The van der Waals surface area contributed by atoms with Crippen molar-refractivity contribution in [1.29, 1.82) is 0 Å². The summed E-state index contributed by atoms with van der Waals surface area (Å²) in [6.07, 6.45) is 3.10. The van der Waals surface area contributed by atoms with Gasteiger partial charge in [-0.15, -0.1) is 0 Å². The van der Waals surface area contributed by atoms with Crippen LogP contribution in [0.25, 0.3) is 0 Å². The van der Waals surface area contributed by atoms with Crippen LogP contribution in [0.5, 0.6) is 0 Å². The maximum absolute atomic E-state index is 11.6. The van der Waals surface area contributed by atoms with Crippen LogP contribution in [-0.2, 0) is 16.0 Å². The molecule has 0 bridgehead atoms. The fourth-order valence-electron chi connectivity index (χ4n) is 1.51. The van der Waals surface area contributed by atoms with Gasteiger partial charge in [0, 0.05) is 24.9 Å². The average molecular weight is 296 g/mol. The lowest BCUT2D eigenvalue weighted by molar-refractivity contribution is -0.139. The molecule has 0 aliphatic carbocycles. The average Bonchev–Trinajstić information content (AvgIpc) is 2.90. The van der Waals surface area contributed by atoms with Crippen LogP contribution in [0, 0.1) is 0 Å². The molecule has 1 unspecified atom stereocenters. The topological polar surface area (TPSA) is 116 Å². The number of rotatable bonds is 9. The van der Waals surface area contributed by atoms with Gasteiger partial charge in [-0.05, 0) is 6.92 Å². The van der Waals surface area contributed by atoms with Gasteiger partial charge in [0.15, 0.2) is 0 Å². The molecule has 0 aliphatic rings. The Morgan fingerprint density at radius 1 is 1.57 bits per heavy atom. The van der Waals surface area contributed by atoms with Gasteiger partial charge in [0.2, 0.25) is 0 Å². The predicted octanol–water partition coefficient (Wildman–Crippen LogP) is 0.297. The Kier molecular flexibility index (Phi) is 6.96. The summed E-state index contributed by atoms with van der Waals surface area (Å²) in [6.45, 7) is 6.57. The van der Waals surface area contributed by atoms with Gasteiger partial charge in [-0.1, -0.05) is 12.2 Å². The third-order valence-corrected chi connectivity index (χ3v) is 2.46. The Morgan fingerprint density at radius 3 is 2.90 bits per heavy atom. The van der Waals surface area contributed by atoms with Gasteiger partial charge < -0.3 is 25.5 Å². The lowest BCUT2D eigenvalue weighted by Gasteiger charge is -2.14. The number of hydrogen-bond acceptors (Lipinski definition) is 4. The van der Waals surface area contributed by atoms with Gasteiger partial charge in [-0.2, -0.15) is 0 Å². The first-order chi connectivity index (χ1) is 9.99. The molecule has 1 aromatic rings. The number of carbonyl (C=O) groups is 2. The molecule has 0 saturated carbocycles. The molecule has 116 valence electrons. The normalized spacial score (nSPS) is 11.7. The van der Waals surface area contributed by atoms with Crippen LogP contribution >= 0.6 is 0 Å². The molecule has 0 aliphatic heterocycles. The van der Waals surface area contributed by atoms with Crippen LogP contribution in [0.1, 0.15) is 12.6 Å². The smallest absolute Gasteiger partial charge is 0.326 e. The molecular formula is C13H20N4O4. The van der Waals surface area contributed by atoms with Crippen molar-refractivity contribution in [2.75, 3.05) is 19.8 Å². The van der Waals surface area contributed by atoms with E-state index in [-0.39, 0.29) is 13.0 Å². The number of carboxylic acid groups (broad SMARTS) is 1. The van der Waals surface area contributed by atoms with Crippen molar-refractivity contribution >= 4 is 12.0 Å². The Bertz CT molecular complexity index is 473. The molecule has 1 atom stereocenters. The zero-order chi connectivity index (χ0) is 15.7. The highest BCUT2D eigenvalue weighted by molar-refractivity contribution is 5.82. The molecule has 0 aromatic carbocycles. The fraction of sp³-hybridized carbons (Fsp3) is 0.462. The van der Waals surface area contributed by atoms with E-state index in [1.807, 2.05) is 6.92 Å². The molecule has 0 spiro atoms. The number of amides is 2. The fourth-order valence-corrected chi connectivity index (χ4v) is 1.51. The van der Waals surface area contributed by atoms with Crippen LogP contribution in [0.15, 0.2) is 24.7 Å². The van der Waals surface area contributed by atoms with Crippen molar-refractivity contribution in [1.82, 2.24) is 20.6 Å². The van der Waals surface area contributed by atoms with Crippen molar-refractivity contribution in [3.05, 3.63) is 30.4 Å². The third-order valence-electron chi connectivity index (χ3n) is 2.46. The van der Waals surface area contributed by atoms with E-state index in [1.165, 1.54) is 12.5 Å². The number of nitrogens with one attached hydrogen (secondary N) is 3. The van der Waals surface area contributed by atoms with E-state index in [1.54, 1.807) is 0 Å². The Hall–Kier alpha value is -2.35. The summed E-state index contributed by atoms with van der Waals surface area (Å²) >= 11 is 0. The molecule has 0 radical (unpaired) electrons. The summed E-state index contributed by atoms with van der Waals surface area (Å²) in [4.78, 5) is 29.3. The molecule has 1 aromatic heterocycles. The molecule has 1 rings (SSSR count). The molecule has 0 saturated heterocycles. The number of carbonyl (C=O) groups excluding carboxylic acids is 1. The second-order valence-corrected chi connectivity index (χ2v) is 4.58. The maximum atomic E-state index is 11.6. The minimum atomic E-state index is -1.11. The van der Waals surface area contributed by atoms with Gasteiger partial charge >= 0.3 is 12.0 Å². The molecule has 0 fully saturated rings. The number of aliphatic carboxylic acids is 1. The van der Waals surface area contributed by atoms with Crippen LogP contribution in [0.3, 0.4) is 0 Å². The van der Waals surface area contributed by atoms with Gasteiger partial charge in [0.05, 0.1) is 19.5 Å². The summed E-state index contributed by atoms with van der Waals surface area (Å²) in [6, 6.07) is -1.58. The summed E-state index contributed by atoms with van der Waals surface area (Å²) < 4.78 is 5.21. The SMILES string of the molecule is C=C(C)COCCNC(=O)NC(Cc1cnc[nH]1)C(=O)O. The van der Waals surface area contributed by atoms with E-state index in [2.05, 4.69) is 27.2 Å². The summed E-state index contributed by atoms with van der Waals surface area (Å²) in [7, 11) is 0. The Morgan fingerprint density at radius 2 is 2.33 bits per heavy atom. The van der Waals surface area contributed by atoms with Crippen molar-refractivity contribution in [2.24, 2.45) is 0 Å². The van der Waals surface area contributed by atoms with E-state index in [0.717, 1.165) is 5.57 Å². The number of carboxylic acids is 1. The molecular weight excluding hydrogens is 276 g/mol. The van der Waals surface area contributed by atoms with Gasteiger partial charge in [-0.25, -0.2) is 14.6 Å². The molecule has 2 amide bonds. The lowest BCUT2D eigenvalue weighted by atomic mass is 10.2. The number of H-pyrrole nitrogens is 1. The van der Waals surface area contributed by atoms with Crippen molar-refractivity contribution < 1.29 is 19.4 Å². The van der Waals surface area contributed by atoms with Crippen LogP contribution < -0.4 is 10.6 Å². The number of nitrogens with zero attached hydrogens (tertiary/aromatic N) is 1. The van der Waals surface area contributed by atoms with Gasteiger partial charge in [-0.3, -0.25) is 0 Å². The molecule has 8 heteroatoms. The number of ether oxygens (including phenoxy) is 1. The van der Waals surface area contributed by atoms with E-state index < -0.39 is 18.0 Å². The number of aromatic nitrogens is 2. The predicted molar refractivity (Wildman–Crippen MR) is 75.9 cm³/mol. The Labute approximate surface area is 122 Å².